The Hall–Kier alpha value is -1.93. The number of hydrogen-bond donors (Lipinski definition) is 0. The summed E-state index contributed by atoms with van der Waals surface area (Å²) in [5.41, 5.74) is 4.47. The summed E-state index contributed by atoms with van der Waals surface area (Å²) in [6.45, 7) is 6.58. The Labute approximate surface area is 151 Å². The lowest BCUT2D eigenvalue weighted by Gasteiger charge is -2.05. The second-order valence-electron chi connectivity index (χ2n) is 7.32. The van der Waals surface area contributed by atoms with E-state index in [0.717, 1.165) is 17.5 Å². The van der Waals surface area contributed by atoms with E-state index in [9.17, 15) is 4.79 Å². The molecule has 0 N–H and O–H groups in total. The van der Waals surface area contributed by atoms with Crippen LogP contribution in [0.2, 0.25) is 0 Å². The summed E-state index contributed by atoms with van der Waals surface area (Å²) in [5, 5.41) is 0. The molecule has 0 bridgehead atoms. The van der Waals surface area contributed by atoms with Crippen molar-refractivity contribution in [2.24, 2.45) is 0 Å². The third-order valence-corrected chi connectivity index (χ3v) is 4.99. The van der Waals surface area contributed by atoms with Gasteiger partial charge in [0.05, 0.1) is 0 Å². The van der Waals surface area contributed by atoms with E-state index < -0.39 is 0 Å². The molecular weight excluding hydrogens is 308 g/mol. The lowest BCUT2D eigenvalue weighted by atomic mass is 9.98. The quantitative estimate of drug-likeness (QED) is 0.343. The number of Topliss-reactive ketones (excluding diaryl/α,β-unsaturated/α-hetero) is 1. The van der Waals surface area contributed by atoms with E-state index in [0.29, 0.717) is 5.92 Å². The Bertz CT molecular complexity index is 698. The highest BCUT2D eigenvalue weighted by Gasteiger charge is 2.46. The maximum absolute atomic E-state index is 12.6. The molecule has 2 heteroatoms. The topological polar surface area (TPSA) is 29.6 Å². The monoisotopic (exact) mass is 336 g/mol. The molecule has 0 saturated carbocycles. The average molecular weight is 336 g/mol. The van der Waals surface area contributed by atoms with Crippen molar-refractivity contribution in [1.82, 2.24) is 0 Å². The lowest BCUT2D eigenvalue weighted by molar-refractivity contribution is 0.0953. The Morgan fingerprint density at radius 3 is 2.28 bits per heavy atom. The summed E-state index contributed by atoms with van der Waals surface area (Å²) in [4.78, 5) is 12.6. The fourth-order valence-electron chi connectivity index (χ4n) is 3.21. The highest BCUT2D eigenvalue weighted by atomic mass is 16.6. The molecule has 0 amide bonds. The van der Waals surface area contributed by atoms with Crippen LogP contribution in [-0.2, 0) is 11.2 Å². The van der Waals surface area contributed by atoms with E-state index >= 15 is 0 Å². The zero-order chi connectivity index (χ0) is 17.8. The van der Waals surface area contributed by atoms with Gasteiger partial charge in [-0.2, -0.15) is 0 Å². The van der Waals surface area contributed by atoms with Crippen LogP contribution in [0.25, 0.3) is 0 Å². The lowest BCUT2D eigenvalue weighted by Crippen LogP contribution is -2.08. The van der Waals surface area contributed by atoms with Gasteiger partial charge in [-0.1, -0.05) is 82.1 Å². The summed E-state index contributed by atoms with van der Waals surface area (Å²) in [5.74, 6) is 0.612. The predicted octanol–water partition coefficient (Wildman–Crippen LogP) is 5.87. The van der Waals surface area contributed by atoms with Gasteiger partial charge in [0.2, 0.25) is 0 Å². The number of ether oxygens (including phenoxy) is 1. The van der Waals surface area contributed by atoms with Gasteiger partial charge in [-0.05, 0) is 35.4 Å². The van der Waals surface area contributed by atoms with Gasteiger partial charge in [-0.3, -0.25) is 4.79 Å². The molecule has 2 atom stereocenters. The van der Waals surface area contributed by atoms with Gasteiger partial charge in [0.15, 0.2) is 11.9 Å². The molecule has 1 heterocycles. The molecule has 1 fully saturated rings. The Kier molecular flexibility index (Phi) is 5.70. The van der Waals surface area contributed by atoms with E-state index in [2.05, 4.69) is 57.2 Å². The second kappa shape index (κ2) is 7.97. The van der Waals surface area contributed by atoms with Crippen LogP contribution in [0.3, 0.4) is 0 Å². The molecule has 3 rings (SSSR count). The van der Waals surface area contributed by atoms with E-state index in [1.54, 1.807) is 0 Å². The molecule has 132 valence electrons. The van der Waals surface area contributed by atoms with Crippen LogP contribution in [-0.4, -0.2) is 11.9 Å². The third-order valence-electron chi connectivity index (χ3n) is 4.99. The molecule has 1 aliphatic heterocycles. The van der Waals surface area contributed by atoms with Gasteiger partial charge in [0.1, 0.15) is 6.10 Å². The van der Waals surface area contributed by atoms with Crippen LogP contribution in [0.15, 0.2) is 48.5 Å². The highest BCUT2D eigenvalue weighted by molar-refractivity contribution is 6.01. The zero-order valence-electron chi connectivity index (χ0n) is 15.5. The van der Waals surface area contributed by atoms with Crippen molar-refractivity contribution in [2.75, 3.05) is 0 Å². The molecule has 0 radical (unpaired) electrons. The Morgan fingerprint density at radius 1 is 1.00 bits per heavy atom. The SMILES string of the molecule is CCCCCc1ccc(C(=O)[C@H]2O[C@@H]2c2ccc(C(C)C)cc2)cc1. The number of aryl methyl sites for hydroxylation is 1. The summed E-state index contributed by atoms with van der Waals surface area (Å²) < 4.78 is 5.68. The van der Waals surface area contributed by atoms with Crippen LogP contribution in [0.5, 0.6) is 0 Å². The molecule has 25 heavy (non-hydrogen) atoms. The van der Waals surface area contributed by atoms with Crippen LogP contribution in [0.1, 0.15) is 79.1 Å². The first-order chi connectivity index (χ1) is 12.1. The molecule has 0 aromatic heterocycles. The molecule has 1 saturated heterocycles. The number of carbonyl (C=O) groups excluding carboxylic acids is 1. The summed E-state index contributed by atoms with van der Waals surface area (Å²) in [6.07, 6.45) is 4.38. The van der Waals surface area contributed by atoms with Gasteiger partial charge in [0, 0.05) is 5.56 Å². The molecule has 2 nitrogen and oxygen atoms in total. The average Bonchev–Trinajstić information content (AvgIpc) is 3.43. The molecule has 2 aromatic rings. The number of rotatable bonds is 8. The maximum Gasteiger partial charge on any atom is 0.194 e. The van der Waals surface area contributed by atoms with E-state index in [1.807, 2.05) is 12.1 Å². The van der Waals surface area contributed by atoms with E-state index in [4.69, 9.17) is 4.74 Å². The molecule has 0 spiro atoms. The third kappa shape index (κ3) is 4.38. The summed E-state index contributed by atoms with van der Waals surface area (Å²) >= 11 is 0. The second-order valence-corrected chi connectivity index (χ2v) is 7.32. The summed E-state index contributed by atoms with van der Waals surface area (Å²) in [6, 6.07) is 16.5. The summed E-state index contributed by atoms with van der Waals surface area (Å²) in [7, 11) is 0. The predicted molar refractivity (Wildman–Crippen MR) is 102 cm³/mol. The molecule has 1 aliphatic rings. The van der Waals surface area contributed by atoms with Crippen molar-refractivity contribution in [3.63, 3.8) is 0 Å². The van der Waals surface area contributed by atoms with Gasteiger partial charge >= 0.3 is 0 Å². The van der Waals surface area contributed by atoms with E-state index in [1.165, 1.54) is 30.4 Å². The molecular formula is C23H28O2. The minimum atomic E-state index is -0.323. The zero-order valence-corrected chi connectivity index (χ0v) is 15.5. The number of ketones is 1. The largest absolute Gasteiger partial charge is 0.356 e. The minimum absolute atomic E-state index is 0.0852. The van der Waals surface area contributed by atoms with Gasteiger partial charge in [0.25, 0.3) is 0 Å². The first-order valence-electron chi connectivity index (χ1n) is 9.48. The van der Waals surface area contributed by atoms with Crippen LogP contribution < -0.4 is 0 Å². The molecule has 0 aliphatic carbocycles. The van der Waals surface area contributed by atoms with Crippen LogP contribution >= 0.6 is 0 Å². The fraction of sp³-hybridized carbons (Fsp3) is 0.435. The van der Waals surface area contributed by atoms with Gasteiger partial charge in [-0.25, -0.2) is 0 Å². The van der Waals surface area contributed by atoms with Crippen molar-refractivity contribution in [3.05, 3.63) is 70.8 Å². The Morgan fingerprint density at radius 2 is 1.68 bits per heavy atom. The van der Waals surface area contributed by atoms with Crippen LogP contribution in [0.4, 0.5) is 0 Å². The molecule has 2 aromatic carbocycles. The minimum Gasteiger partial charge on any atom is -0.356 e. The number of carbonyl (C=O) groups is 1. The number of unbranched alkanes of at least 4 members (excludes halogenated alkanes) is 2. The van der Waals surface area contributed by atoms with Crippen molar-refractivity contribution >= 4 is 5.78 Å². The first-order valence-corrected chi connectivity index (χ1v) is 9.48. The Balaban J connectivity index is 1.59. The van der Waals surface area contributed by atoms with Crippen molar-refractivity contribution in [2.45, 2.75) is 64.6 Å². The maximum atomic E-state index is 12.6. The van der Waals surface area contributed by atoms with Crippen molar-refractivity contribution < 1.29 is 9.53 Å². The smallest absolute Gasteiger partial charge is 0.194 e. The van der Waals surface area contributed by atoms with Gasteiger partial charge < -0.3 is 4.74 Å². The number of benzene rings is 2. The normalized spacial score (nSPS) is 19.2. The van der Waals surface area contributed by atoms with Crippen molar-refractivity contribution in [1.29, 1.82) is 0 Å². The fourth-order valence-corrected chi connectivity index (χ4v) is 3.21. The molecule has 0 unspecified atom stereocenters. The number of epoxide rings is 1. The number of hydrogen-bond acceptors (Lipinski definition) is 2. The van der Waals surface area contributed by atoms with Crippen molar-refractivity contribution in [3.8, 4) is 0 Å². The van der Waals surface area contributed by atoms with E-state index in [-0.39, 0.29) is 18.0 Å². The first kappa shape index (κ1) is 17.9. The van der Waals surface area contributed by atoms with Gasteiger partial charge in [-0.15, -0.1) is 0 Å². The van der Waals surface area contributed by atoms with Crippen LogP contribution in [0, 0.1) is 0 Å². The standard InChI is InChI=1S/C23H28O2/c1-4-5-6-7-17-8-10-19(11-9-17)21(24)23-22(25-23)20-14-12-18(13-15-20)16(2)3/h8-16,22-23H,4-7H2,1-3H3/t22-,23-/m1/s1. The highest BCUT2D eigenvalue weighted by Crippen LogP contribution is 2.41.